The van der Waals surface area contributed by atoms with Crippen molar-refractivity contribution < 1.29 is 9.32 Å². The first-order valence-electron chi connectivity index (χ1n) is 9.45. The topological polar surface area (TPSA) is 109 Å². The van der Waals surface area contributed by atoms with Gasteiger partial charge in [0.05, 0.1) is 5.56 Å². The average molecular weight is 390 g/mol. The van der Waals surface area contributed by atoms with Crippen molar-refractivity contribution in [2.75, 3.05) is 13.1 Å². The normalized spacial score (nSPS) is 15.1. The van der Waals surface area contributed by atoms with Crippen molar-refractivity contribution in [3.05, 3.63) is 70.6 Å². The number of H-pyrrole nitrogens is 1. The third kappa shape index (κ3) is 3.10. The zero-order valence-corrected chi connectivity index (χ0v) is 15.5. The fourth-order valence-electron chi connectivity index (χ4n) is 3.71. The SMILES string of the molecule is O=C(c1cccn2c(=O)[nH]nc12)N1CCC(c2nc(-c3ccccc3)no2)CC1. The van der Waals surface area contributed by atoms with Gasteiger partial charge in [-0.25, -0.2) is 14.3 Å². The van der Waals surface area contributed by atoms with Crippen molar-refractivity contribution in [3.63, 3.8) is 0 Å². The number of carbonyl (C=O) groups excluding carboxylic acids is 1. The zero-order valence-electron chi connectivity index (χ0n) is 15.5. The highest BCUT2D eigenvalue weighted by atomic mass is 16.5. The minimum atomic E-state index is -0.362. The van der Waals surface area contributed by atoms with Gasteiger partial charge in [-0.05, 0) is 25.0 Å². The van der Waals surface area contributed by atoms with Crippen LogP contribution >= 0.6 is 0 Å². The number of fused-ring (bicyclic) bond motifs is 1. The third-order valence-corrected chi connectivity index (χ3v) is 5.28. The summed E-state index contributed by atoms with van der Waals surface area (Å²) < 4.78 is 6.82. The number of nitrogens with zero attached hydrogens (tertiary/aromatic N) is 5. The molecule has 4 heterocycles. The molecule has 1 saturated heterocycles. The number of hydrogen-bond acceptors (Lipinski definition) is 6. The summed E-state index contributed by atoms with van der Waals surface area (Å²) in [7, 11) is 0. The number of rotatable bonds is 3. The molecule has 5 rings (SSSR count). The standard InChI is InChI=1S/C20H18N6O3/c27-19(15-7-4-10-26-17(15)22-23-20(26)28)25-11-8-14(9-12-25)18-21-16(24-29-18)13-5-2-1-3-6-13/h1-7,10,14H,8-9,11-12H2,(H,23,28). The van der Waals surface area contributed by atoms with Crippen molar-refractivity contribution in [1.82, 2.24) is 29.6 Å². The quantitative estimate of drug-likeness (QED) is 0.574. The van der Waals surface area contributed by atoms with E-state index in [-0.39, 0.29) is 17.5 Å². The summed E-state index contributed by atoms with van der Waals surface area (Å²) in [6, 6.07) is 13.1. The van der Waals surface area contributed by atoms with Gasteiger partial charge in [-0.2, -0.15) is 10.1 Å². The Morgan fingerprint density at radius 3 is 2.69 bits per heavy atom. The van der Waals surface area contributed by atoms with Gasteiger partial charge in [-0.15, -0.1) is 0 Å². The summed E-state index contributed by atoms with van der Waals surface area (Å²) in [5.41, 5.74) is 1.30. The second-order valence-corrected chi connectivity index (χ2v) is 7.03. The first-order chi connectivity index (χ1) is 14.2. The van der Waals surface area contributed by atoms with Crippen LogP contribution < -0.4 is 5.69 Å². The van der Waals surface area contributed by atoms with E-state index in [1.807, 2.05) is 30.3 Å². The number of carbonyl (C=O) groups is 1. The van der Waals surface area contributed by atoms with E-state index < -0.39 is 0 Å². The number of nitrogens with one attached hydrogen (secondary N) is 1. The van der Waals surface area contributed by atoms with Crippen molar-refractivity contribution in [3.8, 4) is 11.4 Å². The Kier molecular flexibility index (Phi) is 4.19. The van der Waals surface area contributed by atoms with Crippen LogP contribution in [-0.2, 0) is 0 Å². The first-order valence-corrected chi connectivity index (χ1v) is 9.45. The number of pyridine rings is 1. The van der Waals surface area contributed by atoms with Crippen molar-refractivity contribution in [1.29, 1.82) is 0 Å². The van der Waals surface area contributed by atoms with Gasteiger partial charge in [0.25, 0.3) is 5.91 Å². The predicted molar refractivity (Wildman–Crippen MR) is 103 cm³/mol. The molecule has 1 aromatic carbocycles. The van der Waals surface area contributed by atoms with E-state index in [1.54, 1.807) is 23.2 Å². The highest BCUT2D eigenvalue weighted by Gasteiger charge is 2.29. The summed E-state index contributed by atoms with van der Waals surface area (Å²) >= 11 is 0. The van der Waals surface area contributed by atoms with Crippen molar-refractivity contribution >= 4 is 11.6 Å². The molecule has 0 aliphatic carbocycles. The van der Waals surface area contributed by atoms with Gasteiger partial charge in [0.1, 0.15) is 0 Å². The Labute approximate surface area is 165 Å². The third-order valence-electron chi connectivity index (χ3n) is 5.28. The van der Waals surface area contributed by atoms with E-state index in [0.717, 1.165) is 18.4 Å². The maximum absolute atomic E-state index is 13.0. The number of aromatic amines is 1. The molecule has 0 bridgehead atoms. The Morgan fingerprint density at radius 1 is 1.10 bits per heavy atom. The molecule has 0 unspecified atom stereocenters. The van der Waals surface area contributed by atoms with Crippen LogP contribution in [0.3, 0.4) is 0 Å². The van der Waals surface area contributed by atoms with Crippen LogP contribution in [0.5, 0.6) is 0 Å². The van der Waals surface area contributed by atoms with E-state index in [9.17, 15) is 9.59 Å². The van der Waals surface area contributed by atoms with E-state index in [2.05, 4.69) is 20.3 Å². The molecule has 0 saturated carbocycles. The molecule has 1 N–H and O–H groups in total. The molecule has 9 heteroatoms. The van der Waals surface area contributed by atoms with E-state index >= 15 is 0 Å². The van der Waals surface area contributed by atoms with Crippen LogP contribution in [0.2, 0.25) is 0 Å². The average Bonchev–Trinajstić information content (AvgIpc) is 3.42. The van der Waals surface area contributed by atoms with Gasteiger partial charge in [0.2, 0.25) is 11.7 Å². The molecule has 29 heavy (non-hydrogen) atoms. The minimum absolute atomic E-state index is 0.118. The molecule has 1 fully saturated rings. The summed E-state index contributed by atoms with van der Waals surface area (Å²) in [6.07, 6.45) is 3.06. The van der Waals surface area contributed by atoms with Gasteiger partial charge in [0.15, 0.2) is 5.65 Å². The summed E-state index contributed by atoms with van der Waals surface area (Å²) in [4.78, 5) is 31.0. The molecule has 0 spiro atoms. The number of hydrogen-bond donors (Lipinski definition) is 1. The molecule has 0 atom stereocenters. The summed E-state index contributed by atoms with van der Waals surface area (Å²) in [6.45, 7) is 1.14. The van der Waals surface area contributed by atoms with Gasteiger partial charge in [-0.3, -0.25) is 4.79 Å². The van der Waals surface area contributed by atoms with Gasteiger partial charge < -0.3 is 9.42 Å². The lowest BCUT2D eigenvalue weighted by molar-refractivity contribution is 0.0706. The van der Waals surface area contributed by atoms with Crippen LogP contribution in [0, 0.1) is 0 Å². The smallest absolute Gasteiger partial charge is 0.339 e. The second kappa shape index (κ2) is 7.01. The lowest BCUT2D eigenvalue weighted by Crippen LogP contribution is -2.38. The predicted octanol–water partition coefficient (Wildman–Crippen LogP) is 2.09. The van der Waals surface area contributed by atoms with Crippen LogP contribution in [0.25, 0.3) is 17.0 Å². The monoisotopic (exact) mass is 390 g/mol. The van der Waals surface area contributed by atoms with Gasteiger partial charge in [-0.1, -0.05) is 35.5 Å². The maximum Gasteiger partial charge on any atom is 0.347 e. The van der Waals surface area contributed by atoms with Crippen LogP contribution in [0.1, 0.15) is 35.0 Å². The molecule has 4 aromatic rings. The Balaban J connectivity index is 1.30. The number of aromatic nitrogens is 5. The molecule has 0 radical (unpaired) electrons. The van der Waals surface area contributed by atoms with E-state index in [1.165, 1.54) is 4.40 Å². The number of likely N-dealkylation sites (tertiary alicyclic amines) is 1. The van der Waals surface area contributed by atoms with Crippen molar-refractivity contribution in [2.24, 2.45) is 0 Å². The molecular weight excluding hydrogens is 372 g/mol. The van der Waals surface area contributed by atoms with Crippen molar-refractivity contribution in [2.45, 2.75) is 18.8 Å². The summed E-state index contributed by atoms with van der Waals surface area (Å²) in [5, 5.41) is 10.4. The lowest BCUT2D eigenvalue weighted by atomic mass is 9.96. The van der Waals surface area contributed by atoms with Gasteiger partial charge >= 0.3 is 5.69 Å². The van der Waals surface area contributed by atoms with E-state index in [0.29, 0.717) is 36.0 Å². The van der Waals surface area contributed by atoms with Crippen LogP contribution in [0.4, 0.5) is 0 Å². The van der Waals surface area contributed by atoms with E-state index in [4.69, 9.17) is 4.52 Å². The molecule has 146 valence electrons. The van der Waals surface area contributed by atoms with Crippen LogP contribution in [-0.4, -0.2) is 48.6 Å². The summed E-state index contributed by atoms with van der Waals surface area (Å²) in [5.74, 6) is 1.17. The Hall–Kier alpha value is -3.75. The molecule has 9 nitrogen and oxygen atoms in total. The molecule has 1 aliphatic rings. The Bertz CT molecular complexity index is 1220. The molecular formula is C20H18N6O3. The highest BCUT2D eigenvalue weighted by Crippen LogP contribution is 2.29. The fourth-order valence-corrected chi connectivity index (χ4v) is 3.71. The van der Waals surface area contributed by atoms with Crippen LogP contribution in [0.15, 0.2) is 58.0 Å². The fraction of sp³-hybridized carbons (Fsp3) is 0.250. The lowest BCUT2D eigenvalue weighted by Gasteiger charge is -2.30. The molecule has 3 aromatic heterocycles. The maximum atomic E-state index is 13.0. The Morgan fingerprint density at radius 2 is 1.90 bits per heavy atom. The first kappa shape index (κ1) is 17.4. The highest BCUT2D eigenvalue weighted by molar-refractivity contribution is 5.99. The molecule has 1 amide bonds. The largest absolute Gasteiger partial charge is 0.347 e. The number of piperidine rings is 1. The van der Waals surface area contributed by atoms with Gasteiger partial charge in [0, 0.05) is 30.8 Å². The number of benzene rings is 1. The zero-order chi connectivity index (χ0) is 19.8. The molecule has 1 aliphatic heterocycles. The minimum Gasteiger partial charge on any atom is -0.339 e. The number of amides is 1. The second-order valence-electron chi connectivity index (χ2n) is 7.03.